The molecule has 1 N–H and O–H groups in total. The van der Waals surface area contributed by atoms with E-state index in [1.165, 1.54) is 0 Å². The average molecular weight is 478 g/mol. The first-order valence-corrected chi connectivity index (χ1v) is 11.4. The minimum atomic E-state index is 0.608. The van der Waals surface area contributed by atoms with E-state index in [1.807, 2.05) is 60.7 Å². The molecular weight excluding hydrogens is 458 g/mol. The second kappa shape index (κ2) is 9.13. The largest absolute Gasteiger partial charge is 0.493 e. The smallest absolute Gasteiger partial charge is 0.184 e. The molecule has 0 amide bonds. The molecule has 0 saturated carbocycles. The Hall–Kier alpha value is -3.55. The van der Waals surface area contributed by atoms with E-state index in [1.54, 1.807) is 31.8 Å². The average Bonchev–Trinajstić information content (AvgIpc) is 3.25. The summed E-state index contributed by atoms with van der Waals surface area (Å²) in [5.74, 6) is 2.64. The molecule has 8 heteroatoms. The van der Waals surface area contributed by atoms with E-state index in [9.17, 15) is 0 Å². The van der Waals surface area contributed by atoms with Crippen molar-refractivity contribution in [1.29, 1.82) is 0 Å². The van der Waals surface area contributed by atoms with Crippen LogP contribution < -0.4 is 19.5 Å². The minimum Gasteiger partial charge on any atom is -0.493 e. The number of anilines is 1. The van der Waals surface area contributed by atoms with Crippen LogP contribution in [0, 0.1) is 0 Å². The number of methoxy groups -OCH3 is 2. The molecule has 0 unspecified atom stereocenters. The molecular formula is C25H20ClN3O3S. The number of pyridine rings is 1. The lowest BCUT2D eigenvalue weighted by Gasteiger charge is -2.12. The second-order valence-electron chi connectivity index (χ2n) is 7.23. The Kier molecular flexibility index (Phi) is 5.90. The molecule has 0 spiro atoms. The molecule has 5 rings (SSSR count). The van der Waals surface area contributed by atoms with E-state index < -0.39 is 0 Å². The Morgan fingerprint density at radius 2 is 1.73 bits per heavy atom. The van der Waals surface area contributed by atoms with E-state index in [4.69, 9.17) is 25.8 Å². The predicted octanol–water partition coefficient (Wildman–Crippen LogP) is 6.92. The van der Waals surface area contributed by atoms with Crippen molar-refractivity contribution in [3.8, 4) is 23.0 Å². The fraction of sp³-hybridized carbons (Fsp3) is 0.120. The first kappa shape index (κ1) is 21.3. The van der Waals surface area contributed by atoms with Crippen LogP contribution in [-0.2, 0) is 6.54 Å². The van der Waals surface area contributed by atoms with Gasteiger partial charge in [0.25, 0.3) is 0 Å². The number of nitrogens with zero attached hydrogens (tertiary/aromatic N) is 2. The van der Waals surface area contributed by atoms with Gasteiger partial charge in [-0.3, -0.25) is 4.98 Å². The molecule has 2 heterocycles. The van der Waals surface area contributed by atoms with Crippen LogP contribution in [0.2, 0.25) is 5.02 Å². The van der Waals surface area contributed by atoms with Gasteiger partial charge in [0.05, 0.1) is 30.0 Å². The first-order chi connectivity index (χ1) is 16.1. The molecule has 0 radical (unpaired) electrons. The van der Waals surface area contributed by atoms with Gasteiger partial charge in [0.1, 0.15) is 11.5 Å². The Balaban J connectivity index is 1.40. The van der Waals surface area contributed by atoms with E-state index in [0.717, 1.165) is 36.8 Å². The third-order valence-corrected chi connectivity index (χ3v) is 6.53. The summed E-state index contributed by atoms with van der Waals surface area (Å²) >= 11 is 7.82. The Morgan fingerprint density at radius 1 is 0.909 bits per heavy atom. The summed E-state index contributed by atoms with van der Waals surface area (Å²) in [6.07, 6.45) is 1.71. The molecule has 3 aromatic carbocycles. The number of hydrogen-bond donors (Lipinski definition) is 1. The van der Waals surface area contributed by atoms with E-state index in [2.05, 4.69) is 15.3 Å². The summed E-state index contributed by atoms with van der Waals surface area (Å²) in [5, 5.41) is 5.75. The van der Waals surface area contributed by atoms with Crippen molar-refractivity contribution in [2.45, 2.75) is 6.54 Å². The van der Waals surface area contributed by atoms with Gasteiger partial charge in [0.2, 0.25) is 0 Å². The van der Waals surface area contributed by atoms with Crippen LogP contribution in [0.3, 0.4) is 0 Å². The molecule has 33 heavy (non-hydrogen) atoms. The zero-order valence-electron chi connectivity index (χ0n) is 18.0. The van der Waals surface area contributed by atoms with Gasteiger partial charge >= 0.3 is 0 Å². The predicted molar refractivity (Wildman–Crippen MR) is 133 cm³/mol. The lowest BCUT2D eigenvalue weighted by Crippen LogP contribution is -1.99. The molecule has 0 aliphatic carbocycles. The minimum absolute atomic E-state index is 0.608. The standard InChI is InChI=1S/C25H20ClN3O3S/c1-30-22-12-17-20(13-23(22)31-2)27-10-9-21(17)32-16-7-8-19-24(11-16)33-25(29-19)28-14-15-5-3-4-6-18(15)26/h3-13H,14H2,1-2H3,(H,28,29). The summed E-state index contributed by atoms with van der Waals surface area (Å²) in [4.78, 5) is 9.10. The van der Waals surface area contributed by atoms with Crippen LogP contribution in [0.4, 0.5) is 5.13 Å². The third kappa shape index (κ3) is 4.37. The number of halogens is 1. The first-order valence-electron chi connectivity index (χ1n) is 10.2. The van der Waals surface area contributed by atoms with Crippen LogP contribution in [-0.4, -0.2) is 24.2 Å². The topological polar surface area (TPSA) is 65.5 Å². The fourth-order valence-corrected chi connectivity index (χ4v) is 4.61. The maximum Gasteiger partial charge on any atom is 0.184 e. The summed E-state index contributed by atoms with van der Waals surface area (Å²) < 4.78 is 18.1. The number of fused-ring (bicyclic) bond motifs is 2. The van der Waals surface area contributed by atoms with Crippen molar-refractivity contribution >= 4 is 49.2 Å². The molecule has 2 aromatic heterocycles. The van der Waals surface area contributed by atoms with Gasteiger partial charge in [0.15, 0.2) is 16.6 Å². The van der Waals surface area contributed by atoms with E-state index >= 15 is 0 Å². The Morgan fingerprint density at radius 3 is 2.55 bits per heavy atom. The van der Waals surface area contributed by atoms with Gasteiger partial charge in [-0.2, -0.15) is 0 Å². The lowest BCUT2D eigenvalue weighted by atomic mass is 10.2. The summed E-state index contributed by atoms with van der Waals surface area (Å²) in [6, 6.07) is 19.2. The number of hydrogen-bond acceptors (Lipinski definition) is 7. The summed E-state index contributed by atoms with van der Waals surface area (Å²) in [7, 11) is 3.21. The fourth-order valence-electron chi connectivity index (χ4n) is 3.52. The highest BCUT2D eigenvalue weighted by atomic mass is 35.5. The number of thiazole rings is 1. The van der Waals surface area contributed by atoms with Gasteiger partial charge in [-0.1, -0.05) is 41.1 Å². The SMILES string of the molecule is COc1cc2nccc(Oc3ccc4nc(NCc5ccccc5Cl)sc4c3)c2cc1OC. The quantitative estimate of drug-likeness (QED) is 0.274. The normalized spacial score (nSPS) is 11.0. The maximum atomic E-state index is 6.25. The van der Waals surface area contributed by atoms with E-state index in [0.29, 0.717) is 29.5 Å². The van der Waals surface area contributed by atoms with Crippen LogP contribution >= 0.6 is 22.9 Å². The van der Waals surface area contributed by atoms with Crippen LogP contribution in [0.5, 0.6) is 23.0 Å². The number of ether oxygens (including phenoxy) is 3. The van der Waals surface area contributed by atoms with Gasteiger partial charge < -0.3 is 19.5 Å². The van der Waals surface area contributed by atoms with Gasteiger partial charge in [-0.25, -0.2) is 4.98 Å². The summed E-state index contributed by atoms with van der Waals surface area (Å²) in [5.41, 5.74) is 2.69. The maximum absolute atomic E-state index is 6.25. The molecule has 0 saturated heterocycles. The highest BCUT2D eigenvalue weighted by Gasteiger charge is 2.12. The van der Waals surface area contributed by atoms with E-state index in [-0.39, 0.29) is 0 Å². The van der Waals surface area contributed by atoms with Crippen LogP contribution in [0.1, 0.15) is 5.56 Å². The monoisotopic (exact) mass is 477 g/mol. The molecule has 0 atom stereocenters. The highest BCUT2D eigenvalue weighted by molar-refractivity contribution is 7.22. The molecule has 166 valence electrons. The molecule has 5 aromatic rings. The zero-order chi connectivity index (χ0) is 22.8. The molecule has 0 bridgehead atoms. The van der Waals surface area contributed by atoms with Crippen molar-refractivity contribution < 1.29 is 14.2 Å². The highest BCUT2D eigenvalue weighted by Crippen LogP contribution is 2.38. The van der Waals surface area contributed by atoms with Gasteiger partial charge in [0, 0.05) is 35.3 Å². The lowest BCUT2D eigenvalue weighted by molar-refractivity contribution is 0.355. The van der Waals surface area contributed by atoms with Crippen molar-refractivity contribution in [3.63, 3.8) is 0 Å². The van der Waals surface area contributed by atoms with Crippen LogP contribution in [0.25, 0.3) is 21.1 Å². The molecule has 6 nitrogen and oxygen atoms in total. The van der Waals surface area contributed by atoms with Gasteiger partial charge in [-0.05, 0) is 35.9 Å². The number of rotatable bonds is 7. The van der Waals surface area contributed by atoms with Gasteiger partial charge in [-0.15, -0.1) is 0 Å². The summed E-state index contributed by atoms with van der Waals surface area (Å²) in [6.45, 7) is 0.608. The Bertz CT molecular complexity index is 1450. The number of benzene rings is 3. The van der Waals surface area contributed by atoms with Crippen molar-refractivity contribution in [3.05, 3.63) is 77.4 Å². The van der Waals surface area contributed by atoms with Crippen LogP contribution in [0.15, 0.2) is 66.9 Å². The number of aromatic nitrogens is 2. The molecule has 0 aliphatic rings. The molecule has 0 fully saturated rings. The third-order valence-electron chi connectivity index (χ3n) is 5.18. The van der Waals surface area contributed by atoms with Crippen molar-refractivity contribution in [1.82, 2.24) is 9.97 Å². The zero-order valence-corrected chi connectivity index (χ0v) is 19.5. The van der Waals surface area contributed by atoms with Crippen molar-refractivity contribution in [2.24, 2.45) is 0 Å². The molecule has 0 aliphatic heterocycles. The van der Waals surface area contributed by atoms with Crippen molar-refractivity contribution in [2.75, 3.05) is 19.5 Å². The second-order valence-corrected chi connectivity index (χ2v) is 8.67. The Labute approximate surface area is 199 Å². The number of nitrogens with one attached hydrogen (secondary N) is 1.